The molecule has 6 nitrogen and oxygen atoms in total. The van der Waals surface area contributed by atoms with Crippen molar-refractivity contribution in [2.45, 2.75) is 42.8 Å². The third kappa shape index (κ3) is 2.60. The molecule has 0 spiro atoms. The lowest BCUT2D eigenvalue weighted by molar-refractivity contribution is 0.103. The molecule has 7 heteroatoms. The quantitative estimate of drug-likeness (QED) is 0.809. The molecule has 2 aromatic rings. The smallest absolute Gasteiger partial charge is 0.411 e. The average molecular weight is 386 g/mol. The Morgan fingerprint density at radius 2 is 1.78 bits per heavy atom. The number of sulfonamides is 1. The van der Waals surface area contributed by atoms with Crippen molar-refractivity contribution in [3.05, 3.63) is 60.2 Å². The molecule has 4 rings (SSSR count). The Morgan fingerprint density at radius 3 is 2.44 bits per heavy atom. The van der Waals surface area contributed by atoms with Gasteiger partial charge < -0.3 is 4.74 Å². The van der Waals surface area contributed by atoms with E-state index in [1.807, 2.05) is 31.2 Å². The van der Waals surface area contributed by atoms with Gasteiger partial charge in [0.1, 0.15) is 6.17 Å². The lowest BCUT2D eigenvalue weighted by atomic mass is 9.96. The fraction of sp³-hybridized carbons (Fsp3) is 0.350. The number of anilines is 1. The van der Waals surface area contributed by atoms with Crippen LogP contribution < -0.4 is 4.31 Å². The third-order valence-electron chi connectivity index (χ3n) is 5.53. The molecule has 0 aliphatic carbocycles. The van der Waals surface area contributed by atoms with Crippen LogP contribution in [0.4, 0.5) is 10.5 Å². The maximum Gasteiger partial charge on any atom is 0.411 e. The summed E-state index contributed by atoms with van der Waals surface area (Å²) in [6.07, 6.45) is 0.359. The van der Waals surface area contributed by atoms with E-state index in [0.29, 0.717) is 12.1 Å². The maximum absolute atomic E-state index is 13.5. The van der Waals surface area contributed by atoms with E-state index in [4.69, 9.17) is 4.74 Å². The Balaban J connectivity index is 1.90. The normalized spacial score (nSPS) is 23.9. The molecule has 0 radical (unpaired) electrons. The zero-order valence-corrected chi connectivity index (χ0v) is 16.1. The summed E-state index contributed by atoms with van der Waals surface area (Å²) >= 11 is 0. The van der Waals surface area contributed by atoms with Crippen LogP contribution in [-0.4, -0.2) is 38.7 Å². The number of nitrogens with zero attached hydrogens (tertiary/aromatic N) is 2. The Hall–Kier alpha value is -2.54. The lowest BCUT2D eigenvalue weighted by Crippen LogP contribution is -2.51. The van der Waals surface area contributed by atoms with Crippen LogP contribution in [0.5, 0.6) is 0 Å². The average Bonchev–Trinajstić information content (AvgIpc) is 3.22. The predicted molar refractivity (Wildman–Crippen MR) is 102 cm³/mol. The van der Waals surface area contributed by atoms with Crippen molar-refractivity contribution in [1.29, 1.82) is 0 Å². The summed E-state index contributed by atoms with van der Waals surface area (Å²) < 4.78 is 33.5. The summed E-state index contributed by atoms with van der Waals surface area (Å²) in [6, 6.07) is 15.8. The number of likely N-dealkylation sites (tertiary alicyclic amines) is 1. The second kappa shape index (κ2) is 6.56. The fourth-order valence-corrected chi connectivity index (χ4v) is 6.04. The minimum atomic E-state index is -3.83. The second-order valence-corrected chi connectivity index (χ2v) is 8.68. The minimum absolute atomic E-state index is 0.0609. The number of para-hydroxylation sites is 1. The summed E-state index contributed by atoms with van der Waals surface area (Å²) in [7, 11) is -2.49. The molecule has 1 fully saturated rings. The van der Waals surface area contributed by atoms with Gasteiger partial charge in [0.05, 0.1) is 17.7 Å². The van der Waals surface area contributed by atoms with Crippen LogP contribution in [0.15, 0.2) is 59.5 Å². The molecule has 0 N–H and O–H groups in total. The van der Waals surface area contributed by atoms with Gasteiger partial charge in [-0.3, -0.25) is 4.90 Å². The number of hydrogen-bond acceptors (Lipinski definition) is 4. The van der Waals surface area contributed by atoms with Crippen LogP contribution in [0.2, 0.25) is 0 Å². The summed E-state index contributed by atoms with van der Waals surface area (Å²) in [5.41, 5.74) is 1.60. The van der Waals surface area contributed by atoms with Gasteiger partial charge in [0.15, 0.2) is 0 Å². The number of fused-ring (bicyclic) bond motifs is 3. The Labute approximate surface area is 159 Å². The third-order valence-corrected chi connectivity index (χ3v) is 7.33. The molecule has 0 unspecified atom stereocenters. The van der Waals surface area contributed by atoms with Crippen molar-refractivity contribution in [3.63, 3.8) is 0 Å². The van der Waals surface area contributed by atoms with Gasteiger partial charge in [-0.15, -0.1) is 0 Å². The summed E-state index contributed by atoms with van der Waals surface area (Å²) in [4.78, 5) is 14.4. The molecule has 1 saturated heterocycles. The largest absolute Gasteiger partial charge is 0.453 e. The van der Waals surface area contributed by atoms with Crippen molar-refractivity contribution in [3.8, 4) is 0 Å². The number of ether oxygens (including phenoxy) is 1. The Bertz CT molecular complexity index is 961. The van der Waals surface area contributed by atoms with Crippen molar-refractivity contribution in [2.24, 2.45) is 0 Å². The first kappa shape index (κ1) is 17.9. The molecule has 1 amide bonds. The number of hydrogen-bond donors (Lipinski definition) is 0. The topological polar surface area (TPSA) is 66.9 Å². The van der Waals surface area contributed by atoms with Gasteiger partial charge in [0.2, 0.25) is 0 Å². The van der Waals surface area contributed by atoms with E-state index < -0.39 is 22.3 Å². The number of amides is 1. The van der Waals surface area contributed by atoms with E-state index >= 15 is 0 Å². The summed E-state index contributed by atoms with van der Waals surface area (Å²) in [6.45, 7) is 2.00. The minimum Gasteiger partial charge on any atom is -0.453 e. The van der Waals surface area contributed by atoms with E-state index in [-0.39, 0.29) is 16.9 Å². The molecule has 27 heavy (non-hydrogen) atoms. The molecule has 3 atom stereocenters. The number of rotatable bonds is 3. The molecule has 2 aliphatic rings. The number of methoxy groups -OCH3 is 1. The van der Waals surface area contributed by atoms with Gasteiger partial charge in [-0.1, -0.05) is 43.3 Å². The summed E-state index contributed by atoms with van der Waals surface area (Å²) in [5, 5.41) is 0. The van der Waals surface area contributed by atoms with Crippen molar-refractivity contribution in [2.75, 3.05) is 11.4 Å². The molecule has 142 valence electrons. The second-order valence-electron chi connectivity index (χ2n) is 6.87. The first-order valence-corrected chi connectivity index (χ1v) is 10.5. The first-order valence-electron chi connectivity index (χ1n) is 9.05. The highest BCUT2D eigenvalue weighted by atomic mass is 32.2. The van der Waals surface area contributed by atoms with Crippen LogP contribution >= 0.6 is 0 Å². The SMILES string of the molecule is CC[C@@H]1C[C@@H]2c3ccccc3N(S(=O)(=O)c3ccccc3)[C@@H]2N1C(=O)OC. The van der Waals surface area contributed by atoms with E-state index in [1.165, 1.54) is 11.4 Å². The van der Waals surface area contributed by atoms with E-state index in [2.05, 4.69) is 0 Å². The standard InChI is InChI=1S/C20H22N2O4S/c1-3-14-13-17-16-11-7-8-12-18(16)22(19(17)21(14)20(23)26-2)27(24,25)15-9-5-4-6-10-15/h4-12,14,17,19H,3,13H2,1-2H3/t14-,17-,19+/m1/s1. The number of carbonyl (C=O) groups excluding carboxylic acids is 1. The van der Waals surface area contributed by atoms with Crippen LogP contribution in [0.25, 0.3) is 0 Å². The van der Waals surface area contributed by atoms with Crippen molar-refractivity contribution in [1.82, 2.24) is 4.90 Å². The Morgan fingerprint density at radius 1 is 1.11 bits per heavy atom. The predicted octanol–water partition coefficient (Wildman–Crippen LogP) is 3.56. The fourth-order valence-electron chi connectivity index (χ4n) is 4.35. The Kier molecular flexibility index (Phi) is 4.34. The molecule has 2 aliphatic heterocycles. The molecule has 2 aromatic carbocycles. The van der Waals surface area contributed by atoms with Crippen LogP contribution in [-0.2, 0) is 14.8 Å². The molecule has 2 heterocycles. The molecule has 0 bridgehead atoms. The zero-order chi connectivity index (χ0) is 19.2. The number of benzene rings is 2. The molecule has 0 saturated carbocycles. The van der Waals surface area contributed by atoms with Crippen LogP contribution in [0.3, 0.4) is 0 Å². The highest BCUT2D eigenvalue weighted by Crippen LogP contribution is 2.52. The molecular formula is C20H22N2O4S. The summed E-state index contributed by atoms with van der Waals surface area (Å²) in [5.74, 6) is -0.0660. The highest BCUT2D eigenvalue weighted by molar-refractivity contribution is 7.92. The van der Waals surface area contributed by atoms with Gasteiger partial charge >= 0.3 is 6.09 Å². The molecule has 0 aromatic heterocycles. The van der Waals surface area contributed by atoms with Crippen molar-refractivity contribution < 1.29 is 17.9 Å². The van der Waals surface area contributed by atoms with Crippen molar-refractivity contribution >= 4 is 21.8 Å². The lowest BCUT2D eigenvalue weighted by Gasteiger charge is -2.34. The van der Waals surface area contributed by atoms with Gasteiger partial charge in [-0.05, 0) is 36.6 Å². The monoisotopic (exact) mass is 386 g/mol. The van der Waals surface area contributed by atoms with E-state index in [9.17, 15) is 13.2 Å². The van der Waals surface area contributed by atoms with Gasteiger partial charge in [-0.2, -0.15) is 0 Å². The zero-order valence-electron chi connectivity index (χ0n) is 15.3. The van der Waals surface area contributed by atoms with Gasteiger partial charge in [-0.25, -0.2) is 17.5 Å². The van der Waals surface area contributed by atoms with Gasteiger partial charge in [0, 0.05) is 12.0 Å². The maximum atomic E-state index is 13.5. The van der Waals surface area contributed by atoms with Crippen LogP contribution in [0, 0.1) is 0 Å². The van der Waals surface area contributed by atoms with E-state index in [0.717, 1.165) is 12.0 Å². The highest BCUT2D eigenvalue weighted by Gasteiger charge is 2.55. The first-order chi connectivity index (χ1) is 13.0. The molecular weight excluding hydrogens is 364 g/mol. The van der Waals surface area contributed by atoms with Gasteiger partial charge in [0.25, 0.3) is 10.0 Å². The van der Waals surface area contributed by atoms with E-state index in [1.54, 1.807) is 35.2 Å². The number of carbonyl (C=O) groups is 1. The van der Waals surface area contributed by atoms with Crippen LogP contribution in [0.1, 0.15) is 31.2 Å².